The molecule has 0 aliphatic heterocycles. The summed E-state index contributed by atoms with van der Waals surface area (Å²) in [4.78, 5) is 14.2. The number of thioether (sulfide) groups is 1. The molecule has 0 heterocycles. The maximum Gasteiger partial charge on any atom is 0.253 e. The van der Waals surface area contributed by atoms with Gasteiger partial charge in [0.1, 0.15) is 0 Å². The Morgan fingerprint density at radius 3 is 2.33 bits per heavy atom. The van der Waals surface area contributed by atoms with Crippen molar-refractivity contribution in [1.29, 1.82) is 0 Å². The van der Waals surface area contributed by atoms with E-state index in [9.17, 15) is 4.79 Å². The zero-order valence-electron chi connectivity index (χ0n) is 11.8. The van der Waals surface area contributed by atoms with Crippen LogP contribution < -0.4 is 0 Å². The molecule has 0 N–H and O–H groups in total. The van der Waals surface area contributed by atoms with Crippen molar-refractivity contribution in [1.82, 2.24) is 4.90 Å². The van der Waals surface area contributed by atoms with Crippen molar-refractivity contribution in [2.75, 3.05) is 19.3 Å². The number of amides is 1. The van der Waals surface area contributed by atoms with Crippen LogP contribution in [0, 0.1) is 5.92 Å². The van der Waals surface area contributed by atoms with E-state index >= 15 is 0 Å². The van der Waals surface area contributed by atoms with E-state index in [1.54, 1.807) is 11.8 Å². The summed E-state index contributed by atoms with van der Waals surface area (Å²) in [5.41, 5.74) is 2.06. The fourth-order valence-corrected chi connectivity index (χ4v) is 2.41. The van der Waals surface area contributed by atoms with E-state index in [-0.39, 0.29) is 5.91 Å². The van der Waals surface area contributed by atoms with Gasteiger partial charge in [-0.05, 0) is 36.8 Å². The first-order valence-corrected chi connectivity index (χ1v) is 7.85. The van der Waals surface area contributed by atoms with Crippen LogP contribution in [-0.2, 0) is 5.75 Å². The highest BCUT2D eigenvalue weighted by Crippen LogP contribution is 2.13. The first kappa shape index (κ1) is 15.1. The normalized spacial score (nSPS) is 10.7. The van der Waals surface area contributed by atoms with Crippen molar-refractivity contribution >= 4 is 17.7 Å². The fraction of sp³-hybridized carbons (Fsp3) is 0.533. The Hall–Kier alpha value is -0.960. The van der Waals surface area contributed by atoms with Crippen molar-refractivity contribution in [3.8, 4) is 0 Å². The van der Waals surface area contributed by atoms with Crippen LogP contribution in [0.25, 0.3) is 0 Å². The van der Waals surface area contributed by atoms with Crippen LogP contribution in [0.15, 0.2) is 24.3 Å². The Bertz CT molecular complexity index is 373. The molecule has 0 fully saturated rings. The predicted molar refractivity (Wildman–Crippen MR) is 80.1 cm³/mol. The van der Waals surface area contributed by atoms with Crippen molar-refractivity contribution in [2.45, 2.75) is 26.5 Å². The molecule has 1 aromatic rings. The van der Waals surface area contributed by atoms with Gasteiger partial charge in [-0.2, -0.15) is 11.8 Å². The third kappa shape index (κ3) is 4.37. The lowest BCUT2D eigenvalue weighted by molar-refractivity contribution is 0.0746. The minimum absolute atomic E-state index is 0.141. The van der Waals surface area contributed by atoms with Gasteiger partial charge in [-0.3, -0.25) is 4.79 Å². The second kappa shape index (κ2) is 7.47. The molecule has 0 radical (unpaired) electrons. The van der Waals surface area contributed by atoms with Crippen LogP contribution in [0.1, 0.15) is 36.7 Å². The molecule has 0 bridgehead atoms. The standard InChI is InChI=1S/C15H23NOS/c1-5-16(10-12(2)3)15(17)14-8-6-13(7-9-14)11-18-4/h6-9,12H,5,10-11H2,1-4H3. The zero-order valence-corrected chi connectivity index (χ0v) is 12.6. The van der Waals surface area contributed by atoms with Gasteiger partial charge in [0.2, 0.25) is 0 Å². The Morgan fingerprint density at radius 2 is 1.89 bits per heavy atom. The number of hydrogen-bond acceptors (Lipinski definition) is 2. The van der Waals surface area contributed by atoms with Gasteiger partial charge in [-0.25, -0.2) is 0 Å². The summed E-state index contributed by atoms with van der Waals surface area (Å²) in [5.74, 6) is 1.64. The molecule has 0 atom stereocenters. The van der Waals surface area contributed by atoms with Gasteiger partial charge in [-0.15, -0.1) is 0 Å². The monoisotopic (exact) mass is 265 g/mol. The number of hydrogen-bond donors (Lipinski definition) is 0. The second-order valence-corrected chi connectivity index (χ2v) is 5.73. The van der Waals surface area contributed by atoms with Crippen molar-refractivity contribution in [2.24, 2.45) is 5.92 Å². The Morgan fingerprint density at radius 1 is 1.28 bits per heavy atom. The molecule has 1 rings (SSSR count). The summed E-state index contributed by atoms with van der Waals surface area (Å²) >= 11 is 1.79. The summed E-state index contributed by atoms with van der Waals surface area (Å²) in [5, 5.41) is 0. The van der Waals surface area contributed by atoms with Crippen LogP contribution in [-0.4, -0.2) is 30.2 Å². The number of benzene rings is 1. The quantitative estimate of drug-likeness (QED) is 0.782. The molecular formula is C15H23NOS. The van der Waals surface area contributed by atoms with Gasteiger partial charge in [0.15, 0.2) is 0 Å². The lowest BCUT2D eigenvalue weighted by atomic mass is 10.1. The highest BCUT2D eigenvalue weighted by Gasteiger charge is 2.14. The Kier molecular flexibility index (Phi) is 6.27. The molecule has 0 aliphatic rings. The molecule has 3 heteroatoms. The van der Waals surface area contributed by atoms with Gasteiger partial charge in [-0.1, -0.05) is 26.0 Å². The van der Waals surface area contributed by atoms with Crippen LogP contribution in [0.3, 0.4) is 0 Å². The van der Waals surface area contributed by atoms with E-state index in [0.717, 1.165) is 24.4 Å². The molecular weight excluding hydrogens is 242 g/mol. The molecule has 2 nitrogen and oxygen atoms in total. The van der Waals surface area contributed by atoms with Crippen LogP contribution >= 0.6 is 11.8 Å². The summed E-state index contributed by atoms with van der Waals surface area (Å²) in [6.45, 7) is 7.89. The highest BCUT2D eigenvalue weighted by molar-refractivity contribution is 7.97. The van der Waals surface area contributed by atoms with Gasteiger partial charge in [0, 0.05) is 24.4 Å². The molecule has 100 valence electrons. The number of nitrogens with zero attached hydrogens (tertiary/aromatic N) is 1. The fourth-order valence-electron chi connectivity index (χ4n) is 1.89. The molecule has 1 amide bonds. The first-order chi connectivity index (χ1) is 8.58. The molecule has 1 aromatic carbocycles. The van der Waals surface area contributed by atoms with E-state index in [1.165, 1.54) is 5.56 Å². The number of rotatable bonds is 6. The van der Waals surface area contributed by atoms with Crippen molar-refractivity contribution in [3.05, 3.63) is 35.4 Å². The third-order valence-electron chi connectivity index (χ3n) is 2.77. The van der Waals surface area contributed by atoms with Gasteiger partial charge in [0.25, 0.3) is 5.91 Å². The molecule has 18 heavy (non-hydrogen) atoms. The Balaban J connectivity index is 2.75. The molecule has 0 saturated carbocycles. The number of carbonyl (C=O) groups is 1. The van der Waals surface area contributed by atoms with Crippen LogP contribution in [0.4, 0.5) is 0 Å². The topological polar surface area (TPSA) is 20.3 Å². The molecule has 0 aliphatic carbocycles. The lowest BCUT2D eigenvalue weighted by Crippen LogP contribution is -2.33. The summed E-state index contributed by atoms with van der Waals surface area (Å²) in [6.07, 6.45) is 2.08. The second-order valence-electron chi connectivity index (χ2n) is 4.87. The molecule has 0 unspecified atom stereocenters. The number of carbonyl (C=O) groups excluding carboxylic acids is 1. The van der Waals surface area contributed by atoms with E-state index in [1.807, 2.05) is 36.1 Å². The van der Waals surface area contributed by atoms with E-state index in [4.69, 9.17) is 0 Å². The average molecular weight is 265 g/mol. The lowest BCUT2D eigenvalue weighted by Gasteiger charge is -2.23. The summed E-state index contributed by atoms with van der Waals surface area (Å²) in [6, 6.07) is 7.98. The largest absolute Gasteiger partial charge is 0.339 e. The average Bonchev–Trinajstić information content (AvgIpc) is 2.36. The van der Waals surface area contributed by atoms with Crippen LogP contribution in [0.2, 0.25) is 0 Å². The van der Waals surface area contributed by atoms with Crippen LogP contribution in [0.5, 0.6) is 0 Å². The third-order valence-corrected chi connectivity index (χ3v) is 3.39. The summed E-state index contributed by atoms with van der Waals surface area (Å²) < 4.78 is 0. The Labute approximate surface area is 115 Å². The molecule has 0 spiro atoms. The van der Waals surface area contributed by atoms with Gasteiger partial charge >= 0.3 is 0 Å². The predicted octanol–water partition coefficient (Wildman–Crippen LogP) is 3.67. The smallest absolute Gasteiger partial charge is 0.253 e. The summed E-state index contributed by atoms with van der Waals surface area (Å²) in [7, 11) is 0. The van der Waals surface area contributed by atoms with E-state index in [0.29, 0.717) is 5.92 Å². The van der Waals surface area contributed by atoms with Gasteiger partial charge < -0.3 is 4.90 Å². The highest BCUT2D eigenvalue weighted by atomic mass is 32.2. The van der Waals surface area contributed by atoms with E-state index < -0.39 is 0 Å². The zero-order chi connectivity index (χ0) is 13.5. The van der Waals surface area contributed by atoms with Crippen molar-refractivity contribution < 1.29 is 4.79 Å². The van der Waals surface area contributed by atoms with E-state index in [2.05, 4.69) is 20.1 Å². The molecule has 0 saturated heterocycles. The maximum absolute atomic E-state index is 12.3. The van der Waals surface area contributed by atoms with Gasteiger partial charge in [0.05, 0.1) is 0 Å². The first-order valence-electron chi connectivity index (χ1n) is 6.45. The maximum atomic E-state index is 12.3. The SMILES string of the molecule is CCN(CC(C)C)C(=O)c1ccc(CSC)cc1. The minimum Gasteiger partial charge on any atom is -0.339 e. The molecule has 0 aromatic heterocycles. The minimum atomic E-state index is 0.141. The van der Waals surface area contributed by atoms with Crippen molar-refractivity contribution in [3.63, 3.8) is 0 Å².